The number of benzene rings is 2. The van der Waals surface area contributed by atoms with Gasteiger partial charge in [-0.05, 0) is 29.8 Å². The Kier molecular flexibility index (Phi) is 6.27. The van der Waals surface area contributed by atoms with Gasteiger partial charge in [0.05, 0.1) is 18.7 Å². The van der Waals surface area contributed by atoms with Crippen LogP contribution in [0.3, 0.4) is 0 Å². The Labute approximate surface area is 157 Å². The lowest BCUT2D eigenvalue weighted by Crippen LogP contribution is -2.42. The van der Waals surface area contributed by atoms with Crippen molar-refractivity contribution in [1.82, 2.24) is 5.32 Å². The molecule has 0 saturated carbocycles. The second kappa shape index (κ2) is 9.05. The largest absolute Gasteiger partial charge is 0.486 e. The molecular weight excluding hydrogens is 350 g/mol. The van der Waals surface area contributed by atoms with Crippen LogP contribution < -0.4 is 14.8 Å². The van der Waals surface area contributed by atoms with Crippen LogP contribution in [0.1, 0.15) is 15.9 Å². The third-order valence-corrected chi connectivity index (χ3v) is 3.90. The van der Waals surface area contributed by atoms with Gasteiger partial charge in [-0.1, -0.05) is 24.3 Å². The number of methoxy groups -OCH3 is 1. The Hall–Kier alpha value is -3.06. The predicted molar refractivity (Wildman–Crippen MR) is 96.8 cm³/mol. The van der Waals surface area contributed by atoms with Crippen LogP contribution in [0.25, 0.3) is 0 Å². The molecule has 1 N–H and O–H groups in total. The van der Waals surface area contributed by atoms with Crippen molar-refractivity contribution in [3.8, 4) is 11.5 Å². The van der Waals surface area contributed by atoms with Gasteiger partial charge in [-0.25, -0.2) is 4.79 Å². The molecule has 3 rings (SSSR count). The average Bonchev–Trinajstić information content (AvgIpc) is 2.70. The number of hydrogen-bond donors (Lipinski definition) is 1. The zero-order valence-corrected chi connectivity index (χ0v) is 15.0. The number of carbonyl (C=O) groups is 2. The Morgan fingerprint density at radius 1 is 1.15 bits per heavy atom. The summed E-state index contributed by atoms with van der Waals surface area (Å²) < 4.78 is 21.4. The lowest BCUT2D eigenvalue weighted by molar-refractivity contribution is -0.124. The molecule has 2 aromatic carbocycles. The van der Waals surface area contributed by atoms with Crippen molar-refractivity contribution in [2.45, 2.75) is 12.7 Å². The number of hydrogen-bond acceptors (Lipinski definition) is 6. The maximum atomic E-state index is 12.1. The van der Waals surface area contributed by atoms with E-state index in [-0.39, 0.29) is 19.3 Å². The van der Waals surface area contributed by atoms with E-state index in [0.29, 0.717) is 30.3 Å². The van der Waals surface area contributed by atoms with Crippen LogP contribution in [0.4, 0.5) is 0 Å². The Bertz CT molecular complexity index is 807. The number of esters is 1. The van der Waals surface area contributed by atoms with E-state index in [2.05, 4.69) is 5.32 Å². The van der Waals surface area contributed by atoms with Crippen LogP contribution in [0.5, 0.6) is 11.5 Å². The van der Waals surface area contributed by atoms with Gasteiger partial charge >= 0.3 is 5.97 Å². The first kappa shape index (κ1) is 18.7. The molecule has 0 saturated heterocycles. The first-order chi connectivity index (χ1) is 13.2. The number of amides is 1. The highest BCUT2D eigenvalue weighted by Gasteiger charge is 2.21. The minimum atomic E-state index is -0.561. The molecule has 1 aliphatic heterocycles. The molecule has 7 nitrogen and oxygen atoms in total. The third kappa shape index (κ3) is 5.21. The van der Waals surface area contributed by atoms with Gasteiger partial charge in [0, 0.05) is 7.11 Å². The summed E-state index contributed by atoms with van der Waals surface area (Å²) in [5.41, 5.74) is 1.23. The quantitative estimate of drug-likeness (QED) is 0.749. The van der Waals surface area contributed by atoms with Crippen molar-refractivity contribution in [3.63, 3.8) is 0 Å². The van der Waals surface area contributed by atoms with Gasteiger partial charge in [0.15, 0.2) is 18.1 Å². The molecule has 27 heavy (non-hydrogen) atoms. The summed E-state index contributed by atoms with van der Waals surface area (Å²) in [6.07, 6.45) is -0.301. The SMILES string of the molecule is COCc1cccc(C(=O)OCC(=O)NCC2COc3ccccc3O2)c1. The zero-order valence-electron chi connectivity index (χ0n) is 15.0. The van der Waals surface area contributed by atoms with Crippen LogP contribution in [0.15, 0.2) is 48.5 Å². The molecule has 1 atom stereocenters. The van der Waals surface area contributed by atoms with E-state index < -0.39 is 11.9 Å². The van der Waals surface area contributed by atoms with Crippen molar-refractivity contribution in [3.05, 3.63) is 59.7 Å². The van der Waals surface area contributed by atoms with Crippen molar-refractivity contribution in [1.29, 1.82) is 0 Å². The number of nitrogens with one attached hydrogen (secondary N) is 1. The maximum absolute atomic E-state index is 12.1. The van der Waals surface area contributed by atoms with Gasteiger partial charge in [0.2, 0.25) is 0 Å². The number of fused-ring (bicyclic) bond motifs is 1. The van der Waals surface area contributed by atoms with Crippen LogP contribution in [-0.2, 0) is 20.9 Å². The van der Waals surface area contributed by atoms with E-state index in [1.165, 1.54) is 0 Å². The highest BCUT2D eigenvalue weighted by atomic mass is 16.6. The van der Waals surface area contributed by atoms with Gasteiger partial charge in [-0.3, -0.25) is 4.79 Å². The standard InChI is InChI=1S/C20H21NO6/c1-24-11-14-5-4-6-15(9-14)20(23)26-13-19(22)21-10-16-12-25-17-7-2-3-8-18(17)27-16/h2-9,16H,10-13H2,1H3,(H,21,22). The fourth-order valence-electron chi connectivity index (χ4n) is 2.61. The Balaban J connectivity index is 1.42. The molecule has 1 unspecified atom stereocenters. The van der Waals surface area contributed by atoms with E-state index in [1.807, 2.05) is 30.3 Å². The highest BCUT2D eigenvalue weighted by molar-refractivity contribution is 5.91. The smallest absolute Gasteiger partial charge is 0.338 e. The molecule has 1 amide bonds. The summed E-state index contributed by atoms with van der Waals surface area (Å²) in [7, 11) is 1.58. The van der Waals surface area contributed by atoms with Crippen molar-refractivity contribution < 1.29 is 28.5 Å². The molecule has 0 bridgehead atoms. The molecular formula is C20H21NO6. The first-order valence-corrected chi connectivity index (χ1v) is 8.56. The molecule has 0 fully saturated rings. The number of rotatable bonds is 7. The van der Waals surface area contributed by atoms with Gasteiger partial charge in [0.25, 0.3) is 5.91 Å². The summed E-state index contributed by atoms with van der Waals surface area (Å²) in [6.45, 7) is 0.628. The lowest BCUT2D eigenvalue weighted by atomic mass is 10.1. The molecule has 0 spiro atoms. The summed E-state index contributed by atoms with van der Waals surface area (Å²) in [5, 5.41) is 2.68. The number of para-hydroxylation sites is 2. The fourth-order valence-corrected chi connectivity index (χ4v) is 2.61. The van der Waals surface area contributed by atoms with Crippen LogP contribution in [-0.4, -0.2) is 44.8 Å². The van der Waals surface area contributed by atoms with E-state index in [1.54, 1.807) is 25.3 Å². The summed E-state index contributed by atoms with van der Waals surface area (Å²) in [4.78, 5) is 24.0. The summed E-state index contributed by atoms with van der Waals surface area (Å²) >= 11 is 0. The van der Waals surface area contributed by atoms with Crippen molar-refractivity contribution in [2.24, 2.45) is 0 Å². The zero-order chi connectivity index (χ0) is 19.1. The average molecular weight is 371 g/mol. The molecule has 1 aliphatic rings. The van der Waals surface area contributed by atoms with E-state index in [0.717, 1.165) is 5.56 Å². The number of ether oxygens (including phenoxy) is 4. The molecule has 7 heteroatoms. The highest BCUT2D eigenvalue weighted by Crippen LogP contribution is 2.30. The monoisotopic (exact) mass is 371 g/mol. The molecule has 142 valence electrons. The molecule has 0 radical (unpaired) electrons. The van der Waals surface area contributed by atoms with Gasteiger partial charge < -0.3 is 24.3 Å². The van der Waals surface area contributed by atoms with E-state index in [4.69, 9.17) is 18.9 Å². The van der Waals surface area contributed by atoms with Gasteiger partial charge in [-0.15, -0.1) is 0 Å². The first-order valence-electron chi connectivity index (χ1n) is 8.56. The molecule has 1 heterocycles. The van der Waals surface area contributed by atoms with Crippen LogP contribution in [0, 0.1) is 0 Å². The summed E-state index contributed by atoms with van der Waals surface area (Å²) in [5.74, 6) is 0.364. The number of carbonyl (C=O) groups excluding carboxylic acids is 2. The minimum absolute atomic E-state index is 0.258. The van der Waals surface area contributed by atoms with E-state index in [9.17, 15) is 9.59 Å². The molecule has 2 aromatic rings. The van der Waals surface area contributed by atoms with Crippen molar-refractivity contribution in [2.75, 3.05) is 26.9 Å². The Morgan fingerprint density at radius 2 is 1.96 bits per heavy atom. The summed E-state index contributed by atoms with van der Waals surface area (Å²) in [6, 6.07) is 14.2. The Morgan fingerprint density at radius 3 is 2.78 bits per heavy atom. The maximum Gasteiger partial charge on any atom is 0.338 e. The van der Waals surface area contributed by atoms with Gasteiger partial charge in [-0.2, -0.15) is 0 Å². The van der Waals surface area contributed by atoms with Crippen LogP contribution in [0.2, 0.25) is 0 Å². The second-order valence-corrected chi connectivity index (χ2v) is 6.01. The van der Waals surface area contributed by atoms with Gasteiger partial charge in [0.1, 0.15) is 12.7 Å². The predicted octanol–water partition coefficient (Wildman–Crippen LogP) is 1.95. The van der Waals surface area contributed by atoms with Crippen molar-refractivity contribution >= 4 is 11.9 Å². The molecule has 0 aromatic heterocycles. The van der Waals surface area contributed by atoms with Crippen LogP contribution >= 0.6 is 0 Å². The topological polar surface area (TPSA) is 83.1 Å². The third-order valence-electron chi connectivity index (χ3n) is 3.90. The normalized spacial score (nSPS) is 15.1. The fraction of sp³-hybridized carbons (Fsp3) is 0.300. The second-order valence-electron chi connectivity index (χ2n) is 6.01. The lowest BCUT2D eigenvalue weighted by Gasteiger charge is -2.26. The molecule has 0 aliphatic carbocycles. The minimum Gasteiger partial charge on any atom is -0.486 e. The van der Waals surface area contributed by atoms with E-state index >= 15 is 0 Å².